The predicted octanol–water partition coefficient (Wildman–Crippen LogP) is 3.17. The van der Waals surface area contributed by atoms with Crippen LogP contribution in [0.25, 0.3) is 0 Å². The molecule has 0 radical (unpaired) electrons. The zero-order valence-electron chi connectivity index (χ0n) is 12.3. The number of sulfone groups is 1. The van der Waals surface area contributed by atoms with Crippen LogP contribution in [0.5, 0.6) is 5.75 Å². The van der Waals surface area contributed by atoms with Crippen LogP contribution in [0.3, 0.4) is 0 Å². The molecule has 0 spiro atoms. The zero-order valence-corrected chi connectivity index (χ0v) is 13.1. The van der Waals surface area contributed by atoms with Crippen molar-refractivity contribution >= 4 is 15.6 Å². The number of alkyl halides is 3. The van der Waals surface area contributed by atoms with Crippen LogP contribution in [0.1, 0.15) is 10.4 Å². The van der Waals surface area contributed by atoms with Crippen molar-refractivity contribution in [3.8, 4) is 5.75 Å². The van der Waals surface area contributed by atoms with Crippen molar-refractivity contribution in [2.45, 2.75) is 22.4 Å². The number of carbonyl (C=O) groups is 1. The number of ether oxygens (including phenoxy) is 1. The van der Waals surface area contributed by atoms with Gasteiger partial charge in [0, 0.05) is 0 Å². The van der Waals surface area contributed by atoms with E-state index in [1.54, 1.807) is 0 Å². The summed E-state index contributed by atoms with van der Waals surface area (Å²) in [6.45, 7) is 0. The predicted molar refractivity (Wildman–Crippen MR) is 78.6 cm³/mol. The zero-order chi connectivity index (χ0) is 18.4. The lowest BCUT2D eigenvalue weighted by molar-refractivity contribution is -0.194. The quantitative estimate of drug-likeness (QED) is 0.599. The summed E-state index contributed by atoms with van der Waals surface area (Å²) in [6, 6.07) is 8.31. The van der Waals surface area contributed by atoms with E-state index in [0.717, 1.165) is 30.3 Å². The maximum atomic E-state index is 13.4. The van der Waals surface area contributed by atoms with Gasteiger partial charge in [-0.1, -0.05) is 12.1 Å². The summed E-state index contributed by atoms with van der Waals surface area (Å²) in [5.41, 5.74) is -0.251. The summed E-state index contributed by atoms with van der Waals surface area (Å²) in [5, 5.41) is -2.51. The van der Waals surface area contributed by atoms with Crippen LogP contribution in [0.15, 0.2) is 53.4 Å². The van der Waals surface area contributed by atoms with Gasteiger partial charge in [0.2, 0.25) is 6.10 Å². The average molecular weight is 374 g/mol. The van der Waals surface area contributed by atoms with E-state index in [-0.39, 0.29) is 11.3 Å². The highest BCUT2D eigenvalue weighted by molar-refractivity contribution is 7.93. The molecule has 0 aliphatic carbocycles. The van der Waals surface area contributed by atoms with Crippen molar-refractivity contribution in [1.82, 2.24) is 0 Å². The number of ketones is 1. The van der Waals surface area contributed by atoms with E-state index in [9.17, 15) is 30.8 Å². The third kappa shape index (κ3) is 2.99. The second-order valence-corrected chi connectivity index (χ2v) is 7.43. The van der Waals surface area contributed by atoms with Crippen molar-refractivity contribution < 1.29 is 35.5 Å². The first-order chi connectivity index (χ1) is 11.6. The number of hydrogen-bond donors (Lipinski definition) is 0. The Kier molecular flexibility index (Phi) is 4.06. The van der Waals surface area contributed by atoms with E-state index < -0.39 is 43.9 Å². The molecule has 1 heterocycles. The van der Waals surface area contributed by atoms with E-state index in [1.807, 2.05) is 0 Å². The van der Waals surface area contributed by atoms with Gasteiger partial charge < -0.3 is 4.74 Å². The molecule has 132 valence electrons. The number of rotatable bonds is 2. The fraction of sp³-hybridized carbons (Fsp3) is 0.188. The number of fused-ring (bicyclic) bond motifs is 1. The van der Waals surface area contributed by atoms with Gasteiger partial charge in [0.25, 0.3) is 0 Å². The summed E-state index contributed by atoms with van der Waals surface area (Å²) in [4.78, 5) is 11.9. The number of hydrogen-bond acceptors (Lipinski definition) is 4. The Balaban J connectivity index is 2.17. The average Bonchev–Trinajstić information content (AvgIpc) is 2.54. The van der Waals surface area contributed by atoms with Gasteiger partial charge in [0.05, 0.1) is 10.5 Å². The highest BCUT2D eigenvalue weighted by Gasteiger charge is 2.58. The lowest BCUT2D eigenvalue weighted by atomic mass is 10.00. The van der Waals surface area contributed by atoms with Gasteiger partial charge in [0.15, 0.2) is 20.9 Å². The Morgan fingerprint density at radius 1 is 0.960 bits per heavy atom. The first-order valence-electron chi connectivity index (χ1n) is 6.98. The molecule has 0 saturated heterocycles. The first-order valence-corrected chi connectivity index (χ1v) is 8.53. The molecular formula is C16H10F4O4S. The van der Waals surface area contributed by atoms with Crippen LogP contribution in [-0.2, 0) is 9.84 Å². The lowest BCUT2D eigenvalue weighted by Gasteiger charge is -2.33. The molecule has 4 nitrogen and oxygen atoms in total. The van der Waals surface area contributed by atoms with E-state index in [2.05, 4.69) is 0 Å². The van der Waals surface area contributed by atoms with Crippen molar-refractivity contribution in [2.24, 2.45) is 0 Å². The number of para-hydroxylation sites is 1. The van der Waals surface area contributed by atoms with Crippen molar-refractivity contribution in [1.29, 1.82) is 0 Å². The summed E-state index contributed by atoms with van der Waals surface area (Å²) in [6.07, 6.45) is -7.95. The molecule has 0 N–H and O–H groups in total. The van der Waals surface area contributed by atoms with Gasteiger partial charge in [0.1, 0.15) is 11.6 Å². The maximum absolute atomic E-state index is 13.4. The highest BCUT2D eigenvalue weighted by Crippen LogP contribution is 2.39. The number of benzene rings is 2. The van der Waals surface area contributed by atoms with Crippen molar-refractivity contribution in [3.63, 3.8) is 0 Å². The van der Waals surface area contributed by atoms with Gasteiger partial charge in [-0.15, -0.1) is 0 Å². The van der Waals surface area contributed by atoms with Crippen molar-refractivity contribution in [3.05, 3.63) is 59.9 Å². The lowest BCUT2D eigenvalue weighted by Crippen LogP contribution is -2.54. The first kappa shape index (κ1) is 17.4. The largest absolute Gasteiger partial charge is 0.478 e. The standard InChI is InChI=1S/C16H10F4O4S/c17-9-5-7-10(8-6-9)25(22,23)14-13(21)11-3-1-2-4-12(11)24-15(14)16(18,19)20/h1-8,14-15H/t14-,15-/m1/s1. The van der Waals surface area contributed by atoms with Gasteiger partial charge >= 0.3 is 6.18 Å². The van der Waals surface area contributed by atoms with Crippen LogP contribution in [-0.4, -0.2) is 31.7 Å². The SMILES string of the molecule is O=C1c2ccccc2O[C@@H](C(F)(F)F)[C@@H]1S(=O)(=O)c1ccc(F)cc1. The normalized spacial score (nSPS) is 20.7. The summed E-state index contributed by atoms with van der Waals surface area (Å²) in [5.74, 6) is -2.31. The Bertz CT molecular complexity index is 920. The van der Waals surface area contributed by atoms with Crippen LogP contribution in [0.4, 0.5) is 17.6 Å². The molecule has 9 heteroatoms. The van der Waals surface area contributed by atoms with Gasteiger partial charge in [-0.2, -0.15) is 13.2 Å². The molecule has 1 aliphatic rings. The molecule has 2 aromatic rings. The maximum Gasteiger partial charge on any atom is 0.427 e. The molecule has 2 atom stereocenters. The molecule has 1 aliphatic heterocycles. The second kappa shape index (κ2) is 5.83. The molecule has 0 saturated carbocycles. The molecular weight excluding hydrogens is 364 g/mol. The molecule has 25 heavy (non-hydrogen) atoms. The summed E-state index contributed by atoms with van der Waals surface area (Å²) < 4.78 is 83.2. The molecule has 2 aromatic carbocycles. The third-order valence-corrected chi connectivity index (χ3v) is 5.80. The number of carbonyl (C=O) groups excluding carboxylic acids is 1. The Morgan fingerprint density at radius 2 is 1.56 bits per heavy atom. The van der Waals surface area contributed by atoms with Gasteiger partial charge in [-0.05, 0) is 36.4 Å². The highest BCUT2D eigenvalue weighted by atomic mass is 32.2. The van der Waals surface area contributed by atoms with Crippen molar-refractivity contribution in [2.75, 3.05) is 0 Å². The fourth-order valence-electron chi connectivity index (χ4n) is 2.58. The molecule has 0 bridgehead atoms. The Labute approximate surface area is 140 Å². The Hall–Kier alpha value is -2.42. The summed E-state index contributed by atoms with van der Waals surface area (Å²) >= 11 is 0. The van der Waals surface area contributed by atoms with Crippen LogP contribution in [0, 0.1) is 5.82 Å². The molecule has 0 amide bonds. The third-order valence-electron chi connectivity index (χ3n) is 3.74. The van der Waals surface area contributed by atoms with Crippen LogP contribution >= 0.6 is 0 Å². The van der Waals surface area contributed by atoms with Gasteiger partial charge in [-0.3, -0.25) is 4.79 Å². The van der Waals surface area contributed by atoms with E-state index >= 15 is 0 Å². The summed E-state index contributed by atoms with van der Waals surface area (Å²) in [7, 11) is -4.76. The minimum atomic E-state index is -5.10. The fourth-order valence-corrected chi connectivity index (χ4v) is 4.33. The monoisotopic (exact) mass is 374 g/mol. The Morgan fingerprint density at radius 3 is 2.16 bits per heavy atom. The van der Waals surface area contributed by atoms with E-state index in [4.69, 9.17) is 4.74 Å². The number of halogens is 4. The van der Waals surface area contributed by atoms with E-state index in [0.29, 0.717) is 0 Å². The second-order valence-electron chi connectivity index (χ2n) is 5.36. The van der Waals surface area contributed by atoms with Gasteiger partial charge in [-0.25, -0.2) is 12.8 Å². The molecule has 3 rings (SSSR count). The smallest absolute Gasteiger partial charge is 0.427 e. The molecule has 0 fully saturated rings. The minimum absolute atomic E-state index is 0.251. The van der Waals surface area contributed by atoms with E-state index in [1.165, 1.54) is 18.2 Å². The minimum Gasteiger partial charge on any atom is -0.478 e. The van der Waals surface area contributed by atoms with Crippen LogP contribution < -0.4 is 4.74 Å². The topological polar surface area (TPSA) is 60.4 Å². The molecule has 0 unspecified atom stereocenters. The molecule has 0 aromatic heterocycles. The van der Waals surface area contributed by atoms with Crippen LogP contribution in [0.2, 0.25) is 0 Å². The number of Topliss-reactive ketones (excluding diaryl/α,β-unsaturated/α-hetero) is 1.